The Morgan fingerprint density at radius 3 is 2.56 bits per heavy atom. The van der Waals surface area contributed by atoms with Crippen LogP contribution in [0.15, 0.2) is 60.8 Å². The highest BCUT2D eigenvalue weighted by molar-refractivity contribution is 5.84. The molecule has 0 aliphatic rings. The van der Waals surface area contributed by atoms with Crippen LogP contribution in [0.2, 0.25) is 0 Å². The van der Waals surface area contributed by atoms with Crippen molar-refractivity contribution in [1.82, 2.24) is 15.6 Å². The van der Waals surface area contributed by atoms with Crippen LogP contribution in [0, 0.1) is 11.3 Å². The van der Waals surface area contributed by atoms with Crippen LogP contribution in [-0.4, -0.2) is 42.3 Å². The van der Waals surface area contributed by atoms with Gasteiger partial charge in [-0.05, 0) is 24.1 Å². The molecule has 0 saturated heterocycles. The Hall–Kier alpha value is -3.83. The number of para-hydroxylation sites is 1. The third kappa shape index (κ3) is 5.86. The van der Waals surface area contributed by atoms with Crippen LogP contribution >= 0.6 is 0 Å². The molecule has 0 saturated carbocycles. The van der Waals surface area contributed by atoms with Crippen LogP contribution in [-0.2, 0) is 27.3 Å². The lowest BCUT2D eigenvalue weighted by Crippen LogP contribution is -2.53. The number of benzene rings is 2. The number of nitriles is 1. The fourth-order valence-electron chi connectivity index (χ4n) is 3.42. The number of hydrogen-bond acceptors (Lipinski definition) is 6. The van der Waals surface area contributed by atoms with Crippen molar-refractivity contribution < 1.29 is 19.1 Å². The second-order valence-corrected chi connectivity index (χ2v) is 7.41. The average molecular weight is 434 g/mol. The number of carbonyl (C=O) groups is 2. The van der Waals surface area contributed by atoms with Crippen molar-refractivity contribution >= 4 is 23.0 Å². The molecule has 0 aliphatic carbocycles. The molecule has 32 heavy (non-hydrogen) atoms. The van der Waals surface area contributed by atoms with Crippen molar-refractivity contribution in [2.45, 2.75) is 38.1 Å². The van der Waals surface area contributed by atoms with Gasteiger partial charge < -0.3 is 19.8 Å². The Bertz CT molecular complexity index is 1090. The van der Waals surface area contributed by atoms with Crippen molar-refractivity contribution in [3.63, 3.8) is 0 Å². The van der Waals surface area contributed by atoms with Gasteiger partial charge in [-0.2, -0.15) is 5.26 Å². The van der Waals surface area contributed by atoms with Crippen molar-refractivity contribution in [1.29, 1.82) is 5.26 Å². The van der Waals surface area contributed by atoms with Gasteiger partial charge in [-0.25, -0.2) is 4.79 Å². The summed E-state index contributed by atoms with van der Waals surface area (Å²) in [6.07, 6.45) is 1.52. The molecule has 1 heterocycles. The fourth-order valence-corrected chi connectivity index (χ4v) is 3.42. The molecule has 0 unspecified atom stereocenters. The molecule has 3 rings (SSSR count). The quantitative estimate of drug-likeness (QED) is 0.446. The largest absolute Gasteiger partial charge is 0.468 e. The molecular formula is C24H26N4O4. The molecule has 3 aromatic rings. The van der Waals surface area contributed by atoms with E-state index in [1.54, 1.807) is 6.92 Å². The number of esters is 1. The number of amides is 1. The molecule has 8 nitrogen and oxygen atoms in total. The molecule has 166 valence electrons. The lowest BCUT2D eigenvalue weighted by atomic mass is 10.0. The number of alkyl carbamates (subject to hydrolysis) is 1. The summed E-state index contributed by atoms with van der Waals surface area (Å²) in [5.74, 6) is -0.491. The summed E-state index contributed by atoms with van der Waals surface area (Å²) in [5, 5.41) is 16.3. The van der Waals surface area contributed by atoms with Crippen molar-refractivity contribution in [3.8, 4) is 6.07 Å². The highest BCUT2D eigenvalue weighted by Gasteiger charge is 2.28. The smallest absolute Gasteiger partial charge is 0.407 e. The Labute approximate surface area is 186 Å². The minimum atomic E-state index is -0.839. The van der Waals surface area contributed by atoms with E-state index in [4.69, 9.17) is 9.47 Å². The van der Waals surface area contributed by atoms with Crippen molar-refractivity contribution in [2.75, 3.05) is 7.11 Å². The fraction of sp³-hybridized carbons (Fsp3) is 0.292. The van der Waals surface area contributed by atoms with Crippen LogP contribution in [0.3, 0.4) is 0 Å². The molecule has 0 bridgehead atoms. The number of methoxy groups -OCH3 is 1. The minimum Gasteiger partial charge on any atom is -0.468 e. The second-order valence-electron chi connectivity index (χ2n) is 7.41. The summed E-state index contributed by atoms with van der Waals surface area (Å²) in [5.41, 5.74) is 2.73. The van der Waals surface area contributed by atoms with Gasteiger partial charge in [0.2, 0.25) is 0 Å². The molecule has 0 fully saturated rings. The Morgan fingerprint density at radius 1 is 1.12 bits per heavy atom. The highest BCUT2D eigenvalue weighted by atomic mass is 16.5. The van der Waals surface area contributed by atoms with Crippen molar-refractivity contribution in [2.24, 2.45) is 0 Å². The number of rotatable bonds is 9. The van der Waals surface area contributed by atoms with E-state index in [1.165, 1.54) is 7.11 Å². The van der Waals surface area contributed by atoms with Gasteiger partial charge in [0.1, 0.15) is 18.7 Å². The summed E-state index contributed by atoms with van der Waals surface area (Å²) >= 11 is 0. The molecule has 0 spiro atoms. The molecule has 1 amide bonds. The van der Waals surface area contributed by atoms with E-state index in [0.717, 1.165) is 22.0 Å². The number of nitrogens with one attached hydrogen (secondary N) is 3. The van der Waals surface area contributed by atoms with Gasteiger partial charge in [-0.3, -0.25) is 10.1 Å². The van der Waals surface area contributed by atoms with Gasteiger partial charge in [0.05, 0.1) is 19.2 Å². The Balaban J connectivity index is 1.62. The first-order chi connectivity index (χ1) is 15.5. The number of carbonyl (C=O) groups excluding carboxylic acids is 2. The van der Waals surface area contributed by atoms with Gasteiger partial charge in [0.25, 0.3) is 0 Å². The maximum Gasteiger partial charge on any atom is 0.407 e. The molecule has 0 aliphatic heterocycles. The molecule has 1 aromatic heterocycles. The summed E-state index contributed by atoms with van der Waals surface area (Å²) in [6, 6.07) is 16.9. The predicted octanol–water partition coefficient (Wildman–Crippen LogP) is 3.05. The second kappa shape index (κ2) is 11.0. The van der Waals surface area contributed by atoms with E-state index >= 15 is 0 Å². The zero-order chi connectivity index (χ0) is 22.9. The lowest BCUT2D eigenvalue weighted by Gasteiger charge is -2.24. The number of H-pyrrole nitrogens is 1. The lowest BCUT2D eigenvalue weighted by molar-refractivity contribution is -0.143. The Kier molecular flexibility index (Phi) is 7.84. The predicted molar refractivity (Wildman–Crippen MR) is 120 cm³/mol. The first-order valence-electron chi connectivity index (χ1n) is 10.3. The molecule has 8 heteroatoms. The molecule has 3 atom stereocenters. The van der Waals surface area contributed by atoms with Crippen LogP contribution < -0.4 is 10.6 Å². The highest BCUT2D eigenvalue weighted by Crippen LogP contribution is 2.19. The number of aromatic amines is 1. The van der Waals surface area contributed by atoms with Crippen LogP contribution in [0.4, 0.5) is 4.79 Å². The van der Waals surface area contributed by atoms with Crippen molar-refractivity contribution in [3.05, 3.63) is 71.9 Å². The summed E-state index contributed by atoms with van der Waals surface area (Å²) in [7, 11) is 1.30. The molecule has 2 aromatic carbocycles. The Morgan fingerprint density at radius 2 is 1.84 bits per heavy atom. The van der Waals surface area contributed by atoms with Crippen LogP contribution in [0.1, 0.15) is 18.1 Å². The number of ether oxygens (including phenoxy) is 2. The van der Waals surface area contributed by atoms with E-state index in [9.17, 15) is 14.9 Å². The zero-order valence-corrected chi connectivity index (χ0v) is 18.0. The molecule has 3 N–H and O–H groups in total. The summed E-state index contributed by atoms with van der Waals surface area (Å²) in [4.78, 5) is 27.7. The molecular weight excluding hydrogens is 408 g/mol. The average Bonchev–Trinajstić information content (AvgIpc) is 3.23. The standard InChI is InChI=1S/C24H26N4O4/c1-16(27-24(30)32-15-17-8-4-3-5-9-17)22(13-25)28-21(23(29)31-2)12-18-14-26-20-11-7-6-10-19(18)20/h3-11,14,16,21-22,26,28H,12,15H2,1-2H3,(H,27,30)/t16-,21-,22+/m0/s1. The molecule has 0 radical (unpaired) electrons. The van der Waals surface area contributed by atoms with Crippen LogP contribution in [0.5, 0.6) is 0 Å². The SMILES string of the molecule is COC(=O)[C@H](Cc1c[nH]c2ccccc12)N[C@H](C#N)[C@H](C)NC(=O)OCc1ccccc1. The third-order valence-electron chi connectivity index (χ3n) is 5.16. The first-order valence-corrected chi connectivity index (χ1v) is 10.3. The first kappa shape index (κ1) is 22.8. The van der Waals surface area contributed by atoms with Gasteiger partial charge in [-0.1, -0.05) is 48.5 Å². The maximum absolute atomic E-state index is 12.4. The minimum absolute atomic E-state index is 0.120. The van der Waals surface area contributed by atoms with E-state index in [1.807, 2.05) is 60.8 Å². The van der Waals surface area contributed by atoms with Gasteiger partial charge in [0.15, 0.2) is 0 Å². The van der Waals surface area contributed by atoms with E-state index in [2.05, 4.69) is 21.7 Å². The zero-order valence-electron chi connectivity index (χ0n) is 18.0. The van der Waals surface area contributed by atoms with Gasteiger partial charge >= 0.3 is 12.1 Å². The van der Waals surface area contributed by atoms with Gasteiger partial charge in [-0.15, -0.1) is 0 Å². The van der Waals surface area contributed by atoms with E-state index < -0.39 is 30.2 Å². The summed E-state index contributed by atoms with van der Waals surface area (Å²) in [6.45, 7) is 1.79. The number of aromatic nitrogens is 1. The topological polar surface area (TPSA) is 116 Å². The van der Waals surface area contributed by atoms with E-state index in [-0.39, 0.29) is 6.61 Å². The number of fused-ring (bicyclic) bond motifs is 1. The van der Waals surface area contributed by atoms with Crippen LogP contribution in [0.25, 0.3) is 10.9 Å². The third-order valence-corrected chi connectivity index (χ3v) is 5.16. The number of nitrogens with zero attached hydrogens (tertiary/aromatic N) is 1. The maximum atomic E-state index is 12.4. The van der Waals surface area contributed by atoms with Gasteiger partial charge in [0, 0.05) is 23.5 Å². The van der Waals surface area contributed by atoms with E-state index in [0.29, 0.717) is 6.42 Å². The normalized spacial score (nSPS) is 13.5. The number of hydrogen-bond donors (Lipinski definition) is 3. The monoisotopic (exact) mass is 434 g/mol. The summed E-state index contributed by atoms with van der Waals surface area (Å²) < 4.78 is 10.2.